The van der Waals surface area contributed by atoms with Gasteiger partial charge in [-0.15, -0.1) is 0 Å². The van der Waals surface area contributed by atoms with Crippen molar-refractivity contribution in [3.63, 3.8) is 0 Å². The van der Waals surface area contributed by atoms with E-state index in [0.29, 0.717) is 23.1 Å². The van der Waals surface area contributed by atoms with E-state index < -0.39 is 0 Å². The summed E-state index contributed by atoms with van der Waals surface area (Å²) in [6.45, 7) is 6.43. The zero-order valence-corrected chi connectivity index (χ0v) is 11.9. The Hall–Kier alpha value is -1.55. The third-order valence-electron chi connectivity index (χ3n) is 4.36. The Labute approximate surface area is 114 Å². The quantitative estimate of drug-likeness (QED) is 0.578. The highest BCUT2D eigenvalue weighted by atomic mass is 16.1. The minimum absolute atomic E-state index is 0.0393. The lowest BCUT2D eigenvalue weighted by Gasteiger charge is -2.20. The minimum atomic E-state index is -0.0393. The van der Waals surface area contributed by atoms with Crippen LogP contribution in [-0.2, 0) is 0 Å². The van der Waals surface area contributed by atoms with Crippen LogP contribution in [0, 0.1) is 18.8 Å². The van der Waals surface area contributed by atoms with E-state index in [1.807, 2.05) is 25.1 Å². The van der Waals surface area contributed by atoms with Crippen molar-refractivity contribution in [1.82, 2.24) is 5.32 Å². The number of amides is 1. The first-order valence-electron chi connectivity index (χ1n) is 6.91. The van der Waals surface area contributed by atoms with Gasteiger partial charge in [0.2, 0.25) is 0 Å². The van der Waals surface area contributed by atoms with Gasteiger partial charge in [-0.05, 0) is 43.7 Å². The van der Waals surface area contributed by atoms with Gasteiger partial charge in [0.1, 0.15) is 0 Å². The summed E-state index contributed by atoms with van der Waals surface area (Å²) in [6.07, 6.45) is 2.24. The van der Waals surface area contributed by atoms with Crippen LogP contribution in [0.25, 0.3) is 0 Å². The van der Waals surface area contributed by atoms with E-state index in [1.54, 1.807) is 0 Å². The molecule has 4 N–H and O–H groups in total. The maximum absolute atomic E-state index is 12.4. The molecule has 1 fully saturated rings. The van der Waals surface area contributed by atoms with E-state index in [2.05, 4.69) is 24.6 Å². The second-order valence-electron chi connectivity index (χ2n) is 5.69. The Morgan fingerprint density at radius 2 is 2.05 bits per heavy atom. The van der Waals surface area contributed by atoms with E-state index >= 15 is 0 Å². The van der Waals surface area contributed by atoms with Gasteiger partial charge in [-0.25, -0.2) is 0 Å². The molecule has 0 heterocycles. The van der Waals surface area contributed by atoms with Crippen molar-refractivity contribution in [3.05, 3.63) is 29.3 Å². The lowest BCUT2D eigenvalue weighted by molar-refractivity contribution is 0.0928. The molecule has 0 radical (unpaired) electrons. The molecular formula is C15H23N3O. The summed E-state index contributed by atoms with van der Waals surface area (Å²) in [5.74, 6) is 6.63. The maximum Gasteiger partial charge on any atom is 0.253 e. The van der Waals surface area contributed by atoms with Crippen LogP contribution in [0.5, 0.6) is 0 Å². The topological polar surface area (TPSA) is 67.1 Å². The first-order valence-corrected chi connectivity index (χ1v) is 6.91. The second-order valence-corrected chi connectivity index (χ2v) is 5.69. The molecule has 3 unspecified atom stereocenters. The SMILES string of the molecule is Cc1ccc(NN)c(C(=O)NC2CCC(C)C2C)c1. The zero-order chi connectivity index (χ0) is 14.0. The maximum atomic E-state index is 12.4. The summed E-state index contributed by atoms with van der Waals surface area (Å²) < 4.78 is 0. The first-order chi connectivity index (χ1) is 9.02. The molecule has 104 valence electrons. The van der Waals surface area contributed by atoms with Crippen molar-refractivity contribution >= 4 is 11.6 Å². The Morgan fingerprint density at radius 1 is 1.32 bits per heavy atom. The van der Waals surface area contributed by atoms with Gasteiger partial charge in [-0.3, -0.25) is 10.6 Å². The van der Waals surface area contributed by atoms with E-state index in [4.69, 9.17) is 5.84 Å². The monoisotopic (exact) mass is 261 g/mol. The fourth-order valence-corrected chi connectivity index (χ4v) is 2.79. The van der Waals surface area contributed by atoms with Gasteiger partial charge in [0.25, 0.3) is 5.91 Å². The summed E-state index contributed by atoms with van der Waals surface area (Å²) >= 11 is 0. The number of benzene rings is 1. The molecule has 0 bridgehead atoms. The Kier molecular flexibility index (Phi) is 4.10. The first kappa shape index (κ1) is 13.9. The van der Waals surface area contributed by atoms with Crippen molar-refractivity contribution in [2.24, 2.45) is 17.7 Å². The van der Waals surface area contributed by atoms with Crippen molar-refractivity contribution in [1.29, 1.82) is 0 Å². The van der Waals surface area contributed by atoms with Crippen LogP contribution in [0.1, 0.15) is 42.6 Å². The molecule has 1 amide bonds. The molecule has 0 saturated heterocycles. The standard InChI is InChI=1S/C15H23N3O/c1-9-4-6-14(18-16)12(8-9)15(19)17-13-7-5-10(2)11(13)3/h4,6,8,10-11,13,18H,5,7,16H2,1-3H3,(H,17,19). The molecule has 0 aliphatic heterocycles. The number of nitrogens with one attached hydrogen (secondary N) is 2. The zero-order valence-electron chi connectivity index (χ0n) is 11.9. The fraction of sp³-hybridized carbons (Fsp3) is 0.533. The second kappa shape index (κ2) is 5.61. The largest absolute Gasteiger partial charge is 0.349 e. The average Bonchev–Trinajstić information content (AvgIpc) is 2.70. The van der Waals surface area contributed by atoms with E-state index in [1.165, 1.54) is 6.42 Å². The number of hydrogen-bond acceptors (Lipinski definition) is 3. The highest BCUT2D eigenvalue weighted by Crippen LogP contribution is 2.31. The lowest BCUT2D eigenvalue weighted by atomic mass is 9.97. The number of nitrogens with two attached hydrogens (primary N) is 1. The molecule has 19 heavy (non-hydrogen) atoms. The Balaban J connectivity index is 2.14. The summed E-state index contributed by atoms with van der Waals surface area (Å²) in [5.41, 5.74) is 4.93. The van der Waals surface area contributed by atoms with Crippen LogP contribution in [0.4, 0.5) is 5.69 Å². The molecule has 4 heteroatoms. The van der Waals surface area contributed by atoms with Gasteiger partial charge >= 0.3 is 0 Å². The highest BCUT2D eigenvalue weighted by Gasteiger charge is 2.31. The van der Waals surface area contributed by atoms with Crippen molar-refractivity contribution in [3.8, 4) is 0 Å². The van der Waals surface area contributed by atoms with E-state index in [-0.39, 0.29) is 11.9 Å². The Morgan fingerprint density at radius 3 is 2.63 bits per heavy atom. The van der Waals surface area contributed by atoms with E-state index in [0.717, 1.165) is 12.0 Å². The number of rotatable bonds is 3. The summed E-state index contributed by atoms with van der Waals surface area (Å²) in [6, 6.07) is 5.92. The van der Waals surface area contributed by atoms with Gasteiger partial charge in [-0.1, -0.05) is 25.5 Å². The number of carbonyl (C=O) groups is 1. The molecule has 4 nitrogen and oxygen atoms in total. The smallest absolute Gasteiger partial charge is 0.253 e. The molecule has 3 atom stereocenters. The summed E-state index contributed by atoms with van der Waals surface area (Å²) in [5, 5.41) is 3.14. The highest BCUT2D eigenvalue weighted by molar-refractivity contribution is 5.99. The summed E-state index contributed by atoms with van der Waals surface area (Å²) in [7, 11) is 0. The van der Waals surface area contributed by atoms with Gasteiger partial charge in [0.15, 0.2) is 0 Å². The average molecular weight is 261 g/mol. The molecule has 1 aliphatic rings. The molecule has 1 aromatic rings. The van der Waals surface area contributed by atoms with Crippen LogP contribution in [-0.4, -0.2) is 11.9 Å². The number of nitrogen functional groups attached to an aromatic ring is 1. The van der Waals surface area contributed by atoms with Crippen LogP contribution in [0.3, 0.4) is 0 Å². The van der Waals surface area contributed by atoms with Gasteiger partial charge in [0, 0.05) is 6.04 Å². The number of aryl methyl sites for hydroxylation is 1. The molecule has 1 saturated carbocycles. The van der Waals surface area contributed by atoms with Crippen molar-refractivity contribution in [2.45, 2.75) is 39.7 Å². The normalized spacial score (nSPS) is 26.2. The molecule has 0 aromatic heterocycles. The molecule has 0 spiro atoms. The Bertz CT molecular complexity index is 472. The number of hydrogen-bond donors (Lipinski definition) is 3. The minimum Gasteiger partial charge on any atom is -0.349 e. The van der Waals surface area contributed by atoms with Crippen LogP contribution >= 0.6 is 0 Å². The number of carbonyl (C=O) groups excluding carboxylic acids is 1. The van der Waals surface area contributed by atoms with Crippen LogP contribution in [0.2, 0.25) is 0 Å². The van der Waals surface area contributed by atoms with E-state index in [9.17, 15) is 4.79 Å². The van der Waals surface area contributed by atoms with Gasteiger partial charge in [0.05, 0.1) is 11.3 Å². The van der Waals surface area contributed by atoms with Crippen LogP contribution in [0.15, 0.2) is 18.2 Å². The summed E-state index contributed by atoms with van der Waals surface area (Å²) in [4.78, 5) is 12.4. The van der Waals surface area contributed by atoms with Crippen LogP contribution < -0.4 is 16.6 Å². The number of hydrazine groups is 1. The van der Waals surface area contributed by atoms with Crippen molar-refractivity contribution < 1.29 is 4.79 Å². The molecule has 2 rings (SSSR count). The van der Waals surface area contributed by atoms with Gasteiger partial charge < -0.3 is 10.7 Å². The predicted molar refractivity (Wildman–Crippen MR) is 77.8 cm³/mol. The molecule has 1 aromatic carbocycles. The fourth-order valence-electron chi connectivity index (χ4n) is 2.79. The predicted octanol–water partition coefficient (Wildman–Crippen LogP) is 2.45. The molecular weight excluding hydrogens is 238 g/mol. The van der Waals surface area contributed by atoms with Crippen molar-refractivity contribution in [2.75, 3.05) is 5.43 Å². The molecule has 1 aliphatic carbocycles. The number of anilines is 1. The lowest BCUT2D eigenvalue weighted by Crippen LogP contribution is -2.37. The van der Waals surface area contributed by atoms with Gasteiger partial charge in [-0.2, -0.15) is 0 Å². The third-order valence-corrected chi connectivity index (χ3v) is 4.36. The third kappa shape index (κ3) is 2.89.